The minimum Gasteiger partial charge on any atom is -0.360 e. The zero-order valence-electron chi connectivity index (χ0n) is 8.77. The Morgan fingerprint density at radius 3 is 2.25 bits per heavy atom. The van der Waals surface area contributed by atoms with Crippen molar-refractivity contribution >= 4 is 38.9 Å². The summed E-state index contributed by atoms with van der Waals surface area (Å²) in [6.07, 6.45) is 0. The lowest BCUT2D eigenvalue weighted by atomic mass is 10.3. The van der Waals surface area contributed by atoms with Gasteiger partial charge in [-0.15, -0.1) is 0 Å². The molecule has 0 heterocycles. The van der Waals surface area contributed by atoms with Gasteiger partial charge in [0.25, 0.3) is 0 Å². The molecule has 88 valence electrons. The van der Waals surface area contributed by atoms with Gasteiger partial charge in [0.1, 0.15) is 5.69 Å². The van der Waals surface area contributed by atoms with Crippen LogP contribution in [0.1, 0.15) is 13.8 Å². The molecule has 0 fully saturated rings. The second kappa shape index (κ2) is 5.54. The average molecular weight is 309 g/mol. The van der Waals surface area contributed by atoms with Crippen molar-refractivity contribution in [3.63, 3.8) is 0 Å². The van der Waals surface area contributed by atoms with Crippen molar-refractivity contribution < 1.29 is 8.78 Å². The summed E-state index contributed by atoms with van der Waals surface area (Å²) in [6, 6.07) is 2.44. The van der Waals surface area contributed by atoms with Crippen molar-refractivity contribution in [1.29, 1.82) is 0 Å². The molecule has 0 aliphatic carbocycles. The number of halogens is 3. The summed E-state index contributed by atoms with van der Waals surface area (Å²) in [5.41, 5.74) is -0.249. The summed E-state index contributed by atoms with van der Waals surface area (Å²) in [6.45, 7) is 3.75. The summed E-state index contributed by atoms with van der Waals surface area (Å²) in [5.74, 6) is -1.39. The quantitative estimate of drug-likeness (QED) is 0.819. The summed E-state index contributed by atoms with van der Waals surface area (Å²) < 4.78 is 27.1. The van der Waals surface area contributed by atoms with Crippen molar-refractivity contribution in [3.05, 3.63) is 28.2 Å². The number of hydrogen-bond acceptors (Lipinski definition) is 1. The molecule has 0 saturated carbocycles. The van der Waals surface area contributed by atoms with Gasteiger partial charge in [0.15, 0.2) is 16.7 Å². The molecule has 2 N–H and O–H groups in total. The zero-order valence-corrected chi connectivity index (χ0v) is 11.2. The lowest BCUT2D eigenvalue weighted by Gasteiger charge is -2.14. The minimum absolute atomic E-state index is 0.0987. The lowest BCUT2D eigenvalue weighted by Crippen LogP contribution is -2.34. The number of benzene rings is 1. The first-order valence-electron chi connectivity index (χ1n) is 4.62. The Morgan fingerprint density at radius 1 is 1.31 bits per heavy atom. The van der Waals surface area contributed by atoms with Crippen LogP contribution in [0.4, 0.5) is 14.5 Å². The van der Waals surface area contributed by atoms with E-state index in [0.29, 0.717) is 4.47 Å². The van der Waals surface area contributed by atoms with Crippen LogP contribution in [0.2, 0.25) is 0 Å². The predicted molar refractivity (Wildman–Crippen MR) is 68.6 cm³/mol. The Balaban J connectivity index is 2.85. The second-order valence-electron chi connectivity index (χ2n) is 3.50. The van der Waals surface area contributed by atoms with Gasteiger partial charge in [0.2, 0.25) is 0 Å². The number of nitrogens with one attached hydrogen (secondary N) is 2. The van der Waals surface area contributed by atoms with Crippen molar-refractivity contribution in [3.8, 4) is 0 Å². The molecule has 6 heteroatoms. The molecule has 0 aliphatic heterocycles. The molecule has 1 rings (SSSR count). The van der Waals surface area contributed by atoms with Gasteiger partial charge < -0.3 is 10.6 Å². The van der Waals surface area contributed by atoms with E-state index in [4.69, 9.17) is 12.2 Å². The van der Waals surface area contributed by atoms with E-state index in [0.717, 1.165) is 0 Å². The maximum atomic E-state index is 13.4. The Kier molecular flexibility index (Phi) is 4.61. The molecule has 16 heavy (non-hydrogen) atoms. The van der Waals surface area contributed by atoms with E-state index in [2.05, 4.69) is 26.6 Å². The molecule has 0 amide bonds. The van der Waals surface area contributed by atoms with Crippen LogP contribution < -0.4 is 10.6 Å². The van der Waals surface area contributed by atoms with Crippen molar-refractivity contribution in [2.24, 2.45) is 0 Å². The Labute approximate surface area is 107 Å². The van der Waals surface area contributed by atoms with Crippen LogP contribution in [-0.2, 0) is 0 Å². The molecular formula is C10H11BrF2N2S. The fourth-order valence-corrected chi connectivity index (χ4v) is 1.81. The molecule has 0 spiro atoms. The summed E-state index contributed by atoms with van der Waals surface area (Å²) in [4.78, 5) is 0. The molecular weight excluding hydrogens is 298 g/mol. The summed E-state index contributed by atoms with van der Waals surface area (Å²) in [5, 5.41) is 5.51. The number of thiocarbonyl (C=S) groups is 1. The van der Waals surface area contributed by atoms with Crippen LogP contribution in [-0.4, -0.2) is 11.2 Å². The van der Waals surface area contributed by atoms with E-state index in [1.54, 1.807) is 0 Å². The fraction of sp³-hybridized carbons (Fsp3) is 0.300. The highest BCUT2D eigenvalue weighted by Gasteiger charge is 2.11. The second-order valence-corrected chi connectivity index (χ2v) is 4.82. The Morgan fingerprint density at radius 2 is 1.81 bits per heavy atom. The van der Waals surface area contributed by atoms with Gasteiger partial charge in [-0.1, -0.05) is 15.9 Å². The molecule has 1 aromatic carbocycles. The van der Waals surface area contributed by atoms with E-state index in [9.17, 15) is 8.78 Å². The van der Waals surface area contributed by atoms with E-state index in [-0.39, 0.29) is 16.8 Å². The molecule has 0 bridgehead atoms. The summed E-state index contributed by atoms with van der Waals surface area (Å²) >= 11 is 7.89. The van der Waals surface area contributed by atoms with Gasteiger partial charge in [-0.05, 0) is 38.2 Å². The van der Waals surface area contributed by atoms with Crippen LogP contribution in [0, 0.1) is 11.6 Å². The lowest BCUT2D eigenvalue weighted by molar-refractivity contribution is 0.589. The van der Waals surface area contributed by atoms with E-state index >= 15 is 0 Å². The van der Waals surface area contributed by atoms with Crippen LogP contribution >= 0.6 is 28.1 Å². The maximum Gasteiger partial charge on any atom is 0.171 e. The predicted octanol–water partition coefficient (Wildman–Crippen LogP) is 3.42. The van der Waals surface area contributed by atoms with Crippen LogP contribution in [0.25, 0.3) is 0 Å². The van der Waals surface area contributed by atoms with Crippen LogP contribution in [0.5, 0.6) is 0 Å². The van der Waals surface area contributed by atoms with Gasteiger partial charge >= 0.3 is 0 Å². The normalized spacial score (nSPS) is 10.4. The molecule has 0 aliphatic rings. The first-order valence-corrected chi connectivity index (χ1v) is 5.82. The van der Waals surface area contributed by atoms with Gasteiger partial charge in [0, 0.05) is 10.5 Å². The fourth-order valence-electron chi connectivity index (χ4n) is 1.07. The first kappa shape index (κ1) is 13.3. The van der Waals surface area contributed by atoms with E-state index in [1.165, 1.54) is 12.1 Å². The Hall–Kier alpha value is -0.750. The Bertz CT molecular complexity index is 387. The minimum atomic E-state index is -0.695. The standard InChI is InChI=1S/C10H11BrF2N2S/c1-5(2)14-10(16)15-9-7(12)3-6(11)4-8(9)13/h3-5H,1-2H3,(H2,14,15,16). The largest absolute Gasteiger partial charge is 0.360 e. The zero-order chi connectivity index (χ0) is 12.3. The van der Waals surface area contributed by atoms with Gasteiger partial charge in [-0.3, -0.25) is 0 Å². The van der Waals surface area contributed by atoms with Crippen molar-refractivity contribution in [2.45, 2.75) is 19.9 Å². The van der Waals surface area contributed by atoms with E-state index in [1.807, 2.05) is 13.8 Å². The van der Waals surface area contributed by atoms with Gasteiger partial charge in [0.05, 0.1) is 0 Å². The highest BCUT2D eigenvalue weighted by atomic mass is 79.9. The third-order valence-electron chi connectivity index (χ3n) is 1.67. The third-order valence-corrected chi connectivity index (χ3v) is 2.34. The summed E-state index contributed by atoms with van der Waals surface area (Å²) in [7, 11) is 0. The third kappa shape index (κ3) is 3.68. The molecule has 0 radical (unpaired) electrons. The maximum absolute atomic E-state index is 13.4. The highest BCUT2D eigenvalue weighted by molar-refractivity contribution is 9.10. The smallest absolute Gasteiger partial charge is 0.171 e. The van der Waals surface area contributed by atoms with Crippen molar-refractivity contribution in [1.82, 2.24) is 5.32 Å². The monoisotopic (exact) mass is 308 g/mol. The SMILES string of the molecule is CC(C)NC(=S)Nc1c(F)cc(Br)cc1F. The average Bonchev–Trinajstić information content (AvgIpc) is 2.09. The highest BCUT2D eigenvalue weighted by Crippen LogP contribution is 2.23. The van der Waals surface area contributed by atoms with Gasteiger partial charge in [-0.25, -0.2) is 8.78 Å². The topological polar surface area (TPSA) is 24.1 Å². The number of hydrogen-bond donors (Lipinski definition) is 2. The van der Waals surface area contributed by atoms with E-state index < -0.39 is 11.6 Å². The number of anilines is 1. The molecule has 2 nitrogen and oxygen atoms in total. The molecule has 0 unspecified atom stereocenters. The van der Waals surface area contributed by atoms with Crippen LogP contribution in [0.3, 0.4) is 0 Å². The molecule has 0 saturated heterocycles. The van der Waals surface area contributed by atoms with Crippen molar-refractivity contribution in [2.75, 3.05) is 5.32 Å². The molecule has 1 aromatic rings. The number of rotatable bonds is 2. The molecule has 0 atom stereocenters. The van der Waals surface area contributed by atoms with Gasteiger partial charge in [-0.2, -0.15) is 0 Å². The van der Waals surface area contributed by atoms with Crippen LogP contribution in [0.15, 0.2) is 16.6 Å². The first-order chi connectivity index (χ1) is 7.40. The molecule has 0 aromatic heterocycles.